The second-order valence-corrected chi connectivity index (χ2v) is 8.90. The summed E-state index contributed by atoms with van der Waals surface area (Å²) in [4.78, 5) is 22.8. The molecule has 2 heterocycles. The third-order valence-electron chi connectivity index (χ3n) is 6.30. The SMILES string of the molecule is COCCN(C)Cc1cccc2c1ccn2-c1ccnc(N[C@H]2CC[C@H](NC(C)=O)CC2)n1. The Kier molecular flexibility index (Phi) is 7.57. The summed E-state index contributed by atoms with van der Waals surface area (Å²) >= 11 is 0. The molecule has 1 fully saturated rings. The number of methoxy groups -OCH3 is 1. The highest BCUT2D eigenvalue weighted by Crippen LogP contribution is 2.25. The molecule has 0 unspecified atom stereocenters. The van der Waals surface area contributed by atoms with Crippen LogP contribution in [0.3, 0.4) is 0 Å². The quantitative estimate of drug-likeness (QED) is 0.520. The van der Waals surface area contributed by atoms with Crippen molar-refractivity contribution < 1.29 is 9.53 Å². The van der Waals surface area contributed by atoms with Crippen molar-refractivity contribution >= 4 is 22.8 Å². The van der Waals surface area contributed by atoms with Crippen LogP contribution < -0.4 is 10.6 Å². The molecule has 0 saturated heterocycles. The number of hydrogen-bond donors (Lipinski definition) is 2. The van der Waals surface area contributed by atoms with Gasteiger partial charge in [0.2, 0.25) is 11.9 Å². The summed E-state index contributed by atoms with van der Waals surface area (Å²) in [5, 5.41) is 7.75. The molecule has 1 aromatic carbocycles. The van der Waals surface area contributed by atoms with Crippen LogP contribution >= 0.6 is 0 Å². The van der Waals surface area contributed by atoms with E-state index >= 15 is 0 Å². The highest BCUT2D eigenvalue weighted by Gasteiger charge is 2.22. The summed E-state index contributed by atoms with van der Waals surface area (Å²) in [6.45, 7) is 4.06. The third kappa shape index (κ3) is 5.89. The molecule has 2 N–H and O–H groups in total. The smallest absolute Gasteiger partial charge is 0.224 e. The van der Waals surface area contributed by atoms with E-state index in [2.05, 4.69) is 62.6 Å². The molecule has 8 nitrogen and oxygen atoms in total. The van der Waals surface area contributed by atoms with Gasteiger partial charge in [-0.05, 0) is 56.5 Å². The van der Waals surface area contributed by atoms with E-state index in [0.29, 0.717) is 12.0 Å². The number of nitrogens with zero attached hydrogens (tertiary/aromatic N) is 4. The monoisotopic (exact) mass is 450 g/mol. The number of fused-ring (bicyclic) bond motifs is 1. The average molecular weight is 451 g/mol. The van der Waals surface area contributed by atoms with E-state index in [4.69, 9.17) is 9.72 Å². The van der Waals surface area contributed by atoms with Crippen molar-refractivity contribution in [3.05, 3.63) is 48.3 Å². The Morgan fingerprint density at radius 3 is 2.73 bits per heavy atom. The summed E-state index contributed by atoms with van der Waals surface area (Å²) in [5.41, 5.74) is 2.42. The van der Waals surface area contributed by atoms with E-state index in [1.807, 2.05) is 12.3 Å². The van der Waals surface area contributed by atoms with Gasteiger partial charge in [-0.15, -0.1) is 0 Å². The van der Waals surface area contributed by atoms with Crippen LogP contribution in [-0.4, -0.2) is 64.7 Å². The molecule has 1 amide bonds. The number of rotatable bonds is 9. The van der Waals surface area contributed by atoms with Gasteiger partial charge in [0.05, 0.1) is 12.1 Å². The molecule has 1 saturated carbocycles. The largest absolute Gasteiger partial charge is 0.383 e. The van der Waals surface area contributed by atoms with Gasteiger partial charge in [-0.25, -0.2) is 4.98 Å². The first kappa shape index (κ1) is 23.2. The molecule has 0 bridgehead atoms. The van der Waals surface area contributed by atoms with Crippen LogP contribution in [0.5, 0.6) is 0 Å². The Morgan fingerprint density at radius 1 is 1.18 bits per heavy atom. The second kappa shape index (κ2) is 10.8. The fraction of sp³-hybridized carbons (Fsp3) is 0.480. The minimum absolute atomic E-state index is 0.0474. The predicted molar refractivity (Wildman–Crippen MR) is 131 cm³/mol. The van der Waals surface area contributed by atoms with Crippen molar-refractivity contribution in [3.8, 4) is 5.82 Å². The minimum Gasteiger partial charge on any atom is -0.383 e. The standard InChI is InChI=1S/C25H34N6O2/c1-18(32)27-20-7-9-21(10-8-20)28-25-26-13-11-24(29-25)31-14-12-22-19(5-4-6-23(22)31)17-30(2)15-16-33-3/h4-6,11-14,20-21H,7-10,15-17H2,1-3H3,(H,27,32)(H,26,28,29)/t20-,21-. The third-order valence-corrected chi connectivity index (χ3v) is 6.30. The molecule has 2 aromatic heterocycles. The molecule has 1 aliphatic carbocycles. The van der Waals surface area contributed by atoms with Crippen molar-refractivity contribution in [1.29, 1.82) is 0 Å². The van der Waals surface area contributed by atoms with Crippen LogP contribution in [0.1, 0.15) is 38.2 Å². The second-order valence-electron chi connectivity index (χ2n) is 8.90. The van der Waals surface area contributed by atoms with Crippen molar-refractivity contribution in [3.63, 3.8) is 0 Å². The van der Waals surface area contributed by atoms with Crippen LogP contribution in [0.15, 0.2) is 42.7 Å². The number of aromatic nitrogens is 3. The first-order chi connectivity index (χ1) is 16.0. The number of benzene rings is 1. The summed E-state index contributed by atoms with van der Waals surface area (Å²) in [6, 6.07) is 11.1. The maximum atomic E-state index is 11.3. The number of nitrogens with one attached hydrogen (secondary N) is 2. The van der Waals surface area contributed by atoms with Gasteiger partial charge in [0.1, 0.15) is 5.82 Å². The molecule has 0 spiro atoms. The average Bonchev–Trinajstić information content (AvgIpc) is 3.24. The highest BCUT2D eigenvalue weighted by atomic mass is 16.5. The van der Waals surface area contributed by atoms with E-state index in [0.717, 1.165) is 56.7 Å². The summed E-state index contributed by atoms with van der Waals surface area (Å²) in [7, 11) is 3.84. The van der Waals surface area contributed by atoms with Gasteiger partial charge in [0.15, 0.2) is 0 Å². The molecule has 0 aliphatic heterocycles. The lowest BCUT2D eigenvalue weighted by molar-refractivity contribution is -0.119. The number of carbonyl (C=O) groups is 1. The first-order valence-electron chi connectivity index (χ1n) is 11.7. The van der Waals surface area contributed by atoms with Crippen LogP contribution in [0, 0.1) is 0 Å². The van der Waals surface area contributed by atoms with Crippen molar-refractivity contribution in [2.45, 2.75) is 51.2 Å². The number of hydrogen-bond acceptors (Lipinski definition) is 6. The Labute approximate surface area is 195 Å². The fourth-order valence-electron chi connectivity index (χ4n) is 4.59. The van der Waals surface area contributed by atoms with Gasteiger partial charge in [-0.1, -0.05) is 12.1 Å². The van der Waals surface area contributed by atoms with E-state index in [1.165, 1.54) is 10.9 Å². The molecular formula is C25H34N6O2. The number of anilines is 1. The molecule has 33 heavy (non-hydrogen) atoms. The van der Waals surface area contributed by atoms with Crippen LogP contribution in [0.4, 0.5) is 5.95 Å². The van der Waals surface area contributed by atoms with Gasteiger partial charge in [0, 0.05) is 57.0 Å². The van der Waals surface area contributed by atoms with Gasteiger partial charge in [0.25, 0.3) is 0 Å². The van der Waals surface area contributed by atoms with Crippen molar-refractivity contribution in [1.82, 2.24) is 24.8 Å². The Morgan fingerprint density at radius 2 is 1.97 bits per heavy atom. The maximum Gasteiger partial charge on any atom is 0.224 e. The van der Waals surface area contributed by atoms with Crippen LogP contribution in [-0.2, 0) is 16.1 Å². The molecule has 0 atom stereocenters. The first-order valence-corrected chi connectivity index (χ1v) is 11.7. The summed E-state index contributed by atoms with van der Waals surface area (Å²) in [6.07, 6.45) is 7.81. The zero-order chi connectivity index (χ0) is 23.2. The lowest BCUT2D eigenvalue weighted by Crippen LogP contribution is -2.39. The lowest BCUT2D eigenvalue weighted by Gasteiger charge is -2.29. The molecule has 3 aromatic rings. The lowest BCUT2D eigenvalue weighted by atomic mass is 9.91. The van der Waals surface area contributed by atoms with E-state index in [1.54, 1.807) is 14.0 Å². The van der Waals surface area contributed by atoms with Gasteiger partial charge in [-0.2, -0.15) is 4.98 Å². The summed E-state index contributed by atoms with van der Waals surface area (Å²) < 4.78 is 7.32. The summed E-state index contributed by atoms with van der Waals surface area (Å²) in [5.74, 6) is 1.54. The molecule has 8 heteroatoms. The van der Waals surface area contributed by atoms with Crippen molar-refractivity contribution in [2.75, 3.05) is 32.6 Å². The van der Waals surface area contributed by atoms with Gasteiger partial charge in [-0.3, -0.25) is 9.69 Å². The van der Waals surface area contributed by atoms with Crippen LogP contribution in [0.2, 0.25) is 0 Å². The Balaban J connectivity index is 1.47. The Bertz CT molecular complexity index is 1070. The van der Waals surface area contributed by atoms with Crippen molar-refractivity contribution in [2.24, 2.45) is 0 Å². The predicted octanol–water partition coefficient (Wildman–Crippen LogP) is 3.36. The number of likely N-dealkylation sites (N-methyl/N-ethyl adjacent to an activating group) is 1. The topological polar surface area (TPSA) is 84.3 Å². The zero-order valence-corrected chi connectivity index (χ0v) is 19.8. The van der Waals surface area contributed by atoms with Gasteiger partial charge >= 0.3 is 0 Å². The molecule has 1 aliphatic rings. The molecule has 176 valence electrons. The van der Waals surface area contributed by atoms with Gasteiger partial charge < -0.3 is 19.9 Å². The van der Waals surface area contributed by atoms with E-state index in [-0.39, 0.29) is 11.9 Å². The number of carbonyl (C=O) groups excluding carboxylic acids is 1. The Hall–Kier alpha value is -2.97. The number of ether oxygens (including phenoxy) is 1. The van der Waals surface area contributed by atoms with E-state index < -0.39 is 0 Å². The fourth-order valence-corrected chi connectivity index (χ4v) is 4.59. The molecule has 0 radical (unpaired) electrons. The highest BCUT2D eigenvalue weighted by molar-refractivity contribution is 5.85. The normalized spacial score (nSPS) is 18.5. The minimum atomic E-state index is 0.0474. The number of amides is 1. The van der Waals surface area contributed by atoms with E-state index in [9.17, 15) is 4.79 Å². The zero-order valence-electron chi connectivity index (χ0n) is 19.8. The van der Waals surface area contributed by atoms with Crippen LogP contribution in [0.25, 0.3) is 16.7 Å². The maximum absolute atomic E-state index is 11.3. The molecular weight excluding hydrogens is 416 g/mol. The molecule has 4 rings (SSSR count).